The minimum Gasteiger partial charge on any atom is -0.381 e. The van der Waals surface area contributed by atoms with Crippen LogP contribution in [0.5, 0.6) is 0 Å². The standard InChI is InChI=1S/C24H32BrN3/c25-20-7-10-23-22(14-20)24(19(15-26-23)13-17-3-4-17)27-21-8-5-18(6-9-21)16-28-11-1-2-12-28/h7,10,14-15,17-18,21H,1-6,8-9,11-13,16H2,(H,26,27)/t18-,21-. The van der Waals surface area contributed by atoms with Crippen molar-refractivity contribution in [3.8, 4) is 0 Å². The average molecular weight is 442 g/mol. The quantitative estimate of drug-likeness (QED) is 0.593. The molecule has 3 aliphatic rings. The summed E-state index contributed by atoms with van der Waals surface area (Å²) in [5, 5.41) is 5.28. The predicted octanol–water partition coefficient (Wildman–Crippen LogP) is 6.02. The minimum atomic E-state index is 0.609. The molecular weight excluding hydrogens is 410 g/mol. The van der Waals surface area contributed by atoms with Crippen LogP contribution in [0.2, 0.25) is 0 Å². The predicted molar refractivity (Wildman–Crippen MR) is 121 cm³/mol. The van der Waals surface area contributed by atoms with E-state index in [2.05, 4.69) is 50.5 Å². The topological polar surface area (TPSA) is 28.2 Å². The van der Waals surface area contributed by atoms with Crippen LogP contribution >= 0.6 is 15.9 Å². The van der Waals surface area contributed by atoms with E-state index in [4.69, 9.17) is 4.98 Å². The van der Waals surface area contributed by atoms with Crippen LogP contribution in [0.1, 0.15) is 56.9 Å². The van der Waals surface area contributed by atoms with Gasteiger partial charge in [-0.05, 0) is 106 Å². The molecule has 5 rings (SSSR count). The maximum atomic E-state index is 4.76. The van der Waals surface area contributed by atoms with Crippen molar-refractivity contribution in [2.24, 2.45) is 11.8 Å². The molecule has 1 aromatic carbocycles. The van der Waals surface area contributed by atoms with E-state index in [1.54, 1.807) is 0 Å². The lowest BCUT2D eigenvalue weighted by molar-refractivity contribution is 0.228. The summed E-state index contributed by atoms with van der Waals surface area (Å²) in [6.07, 6.45) is 14.3. The number of nitrogens with one attached hydrogen (secondary N) is 1. The molecule has 2 aromatic rings. The van der Waals surface area contributed by atoms with E-state index in [0.717, 1.165) is 21.8 Å². The maximum Gasteiger partial charge on any atom is 0.0723 e. The Labute approximate surface area is 177 Å². The minimum absolute atomic E-state index is 0.609. The van der Waals surface area contributed by atoms with Crippen LogP contribution in [0.4, 0.5) is 5.69 Å². The van der Waals surface area contributed by atoms with Crippen LogP contribution in [-0.2, 0) is 6.42 Å². The van der Waals surface area contributed by atoms with Crippen molar-refractivity contribution in [3.05, 3.63) is 34.4 Å². The van der Waals surface area contributed by atoms with E-state index >= 15 is 0 Å². The van der Waals surface area contributed by atoms with Gasteiger partial charge in [-0.1, -0.05) is 15.9 Å². The summed E-state index contributed by atoms with van der Waals surface area (Å²) in [5.74, 6) is 1.79. The number of rotatable bonds is 6. The molecule has 0 amide bonds. The number of likely N-dealkylation sites (tertiary alicyclic amines) is 1. The Bertz CT molecular complexity index is 818. The van der Waals surface area contributed by atoms with Crippen LogP contribution in [0, 0.1) is 11.8 Å². The van der Waals surface area contributed by atoms with Gasteiger partial charge < -0.3 is 10.2 Å². The fraction of sp³-hybridized carbons (Fsp3) is 0.625. The van der Waals surface area contributed by atoms with Gasteiger partial charge in [0, 0.05) is 34.3 Å². The first-order chi connectivity index (χ1) is 13.7. The third-order valence-electron chi connectivity index (χ3n) is 7.02. The maximum absolute atomic E-state index is 4.76. The highest BCUT2D eigenvalue weighted by molar-refractivity contribution is 9.10. The van der Waals surface area contributed by atoms with Crippen LogP contribution < -0.4 is 5.32 Å². The molecule has 1 saturated heterocycles. The van der Waals surface area contributed by atoms with E-state index in [1.165, 1.54) is 94.1 Å². The second-order valence-electron chi connectivity index (χ2n) is 9.34. The third kappa shape index (κ3) is 4.38. The van der Waals surface area contributed by atoms with Gasteiger partial charge in [-0.25, -0.2) is 0 Å². The summed E-state index contributed by atoms with van der Waals surface area (Å²) in [4.78, 5) is 7.45. The van der Waals surface area contributed by atoms with Gasteiger partial charge >= 0.3 is 0 Å². The molecule has 4 heteroatoms. The summed E-state index contributed by atoms with van der Waals surface area (Å²) in [6, 6.07) is 7.10. The largest absolute Gasteiger partial charge is 0.381 e. The average Bonchev–Trinajstić information content (AvgIpc) is 3.38. The lowest BCUT2D eigenvalue weighted by Crippen LogP contribution is -2.33. The van der Waals surface area contributed by atoms with Crippen LogP contribution in [0.25, 0.3) is 10.9 Å². The lowest BCUT2D eigenvalue weighted by atomic mass is 9.85. The summed E-state index contributed by atoms with van der Waals surface area (Å²) >= 11 is 3.67. The molecule has 3 nitrogen and oxygen atoms in total. The first kappa shape index (κ1) is 18.9. The molecule has 2 saturated carbocycles. The highest BCUT2D eigenvalue weighted by Crippen LogP contribution is 2.38. The van der Waals surface area contributed by atoms with Gasteiger partial charge in [-0.15, -0.1) is 0 Å². The van der Waals surface area contributed by atoms with E-state index in [0.29, 0.717) is 6.04 Å². The van der Waals surface area contributed by atoms with Gasteiger partial charge in [0.15, 0.2) is 0 Å². The van der Waals surface area contributed by atoms with Gasteiger partial charge in [0.25, 0.3) is 0 Å². The number of fused-ring (bicyclic) bond motifs is 1. The van der Waals surface area contributed by atoms with Crippen molar-refractivity contribution >= 4 is 32.5 Å². The lowest BCUT2D eigenvalue weighted by Gasteiger charge is -2.32. The molecule has 3 fully saturated rings. The fourth-order valence-electron chi connectivity index (χ4n) is 5.19. The summed E-state index contributed by atoms with van der Waals surface area (Å²) in [7, 11) is 0. The van der Waals surface area contributed by atoms with Crippen molar-refractivity contribution in [1.29, 1.82) is 0 Å². The number of hydrogen-bond acceptors (Lipinski definition) is 3. The first-order valence-electron chi connectivity index (χ1n) is 11.3. The van der Waals surface area contributed by atoms with Gasteiger partial charge in [-0.3, -0.25) is 4.98 Å². The molecule has 0 spiro atoms. The molecule has 0 bridgehead atoms. The zero-order valence-electron chi connectivity index (χ0n) is 16.8. The molecule has 2 aliphatic carbocycles. The number of anilines is 1. The fourth-order valence-corrected chi connectivity index (χ4v) is 5.55. The molecule has 150 valence electrons. The van der Waals surface area contributed by atoms with Crippen molar-refractivity contribution in [2.75, 3.05) is 25.0 Å². The zero-order valence-corrected chi connectivity index (χ0v) is 18.4. The van der Waals surface area contributed by atoms with Gasteiger partial charge in [0.1, 0.15) is 0 Å². The highest BCUT2D eigenvalue weighted by Gasteiger charge is 2.27. The molecule has 1 aliphatic heterocycles. The normalized spacial score (nSPS) is 26.0. The molecule has 1 aromatic heterocycles. The SMILES string of the molecule is Brc1ccc2ncc(CC3CC3)c(N[C@H]3CC[C@H](CN4CCCC4)CC3)c2c1. The van der Waals surface area contributed by atoms with E-state index in [9.17, 15) is 0 Å². The number of halogens is 1. The number of aromatic nitrogens is 1. The van der Waals surface area contributed by atoms with Crippen molar-refractivity contribution in [2.45, 2.75) is 63.8 Å². The second kappa shape index (κ2) is 8.31. The Morgan fingerprint density at radius 3 is 2.50 bits per heavy atom. The molecule has 0 radical (unpaired) electrons. The van der Waals surface area contributed by atoms with E-state index < -0.39 is 0 Å². The number of hydrogen-bond donors (Lipinski definition) is 1. The van der Waals surface area contributed by atoms with Crippen molar-refractivity contribution in [1.82, 2.24) is 9.88 Å². The Morgan fingerprint density at radius 2 is 1.75 bits per heavy atom. The zero-order chi connectivity index (χ0) is 18.9. The number of pyridine rings is 1. The molecular formula is C24H32BrN3. The van der Waals surface area contributed by atoms with Gasteiger partial charge in [-0.2, -0.15) is 0 Å². The van der Waals surface area contributed by atoms with E-state index in [-0.39, 0.29) is 0 Å². The van der Waals surface area contributed by atoms with Gasteiger partial charge in [0.2, 0.25) is 0 Å². The van der Waals surface area contributed by atoms with Crippen LogP contribution in [0.3, 0.4) is 0 Å². The molecule has 1 N–H and O–H groups in total. The van der Waals surface area contributed by atoms with Crippen LogP contribution in [0.15, 0.2) is 28.9 Å². The number of nitrogens with zero attached hydrogens (tertiary/aromatic N) is 2. The second-order valence-corrected chi connectivity index (χ2v) is 10.3. The summed E-state index contributed by atoms with van der Waals surface area (Å²) < 4.78 is 1.14. The first-order valence-corrected chi connectivity index (χ1v) is 12.1. The van der Waals surface area contributed by atoms with Crippen molar-refractivity contribution in [3.63, 3.8) is 0 Å². The van der Waals surface area contributed by atoms with Gasteiger partial charge in [0.05, 0.1) is 5.52 Å². The monoisotopic (exact) mass is 441 g/mol. The van der Waals surface area contributed by atoms with Crippen LogP contribution in [-0.4, -0.2) is 35.6 Å². The molecule has 0 atom stereocenters. The summed E-state index contributed by atoms with van der Waals surface area (Å²) in [5.41, 5.74) is 3.89. The molecule has 0 unspecified atom stereocenters. The smallest absolute Gasteiger partial charge is 0.0723 e. The summed E-state index contributed by atoms with van der Waals surface area (Å²) in [6.45, 7) is 4.01. The Balaban J connectivity index is 1.30. The molecule has 28 heavy (non-hydrogen) atoms. The van der Waals surface area contributed by atoms with Crippen molar-refractivity contribution < 1.29 is 0 Å². The molecule has 2 heterocycles. The highest BCUT2D eigenvalue weighted by atomic mass is 79.9. The Hall–Kier alpha value is -1.13. The number of benzene rings is 1. The Morgan fingerprint density at radius 1 is 1.00 bits per heavy atom. The van der Waals surface area contributed by atoms with E-state index in [1.807, 2.05) is 0 Å². The third-order valence-corrected chi connectivity index (χ3v) is 7.52. The Kier molecular flexibility index (Phi) is 5.60.